The monoisotopic (exact) mass is 436 g/mol. The van der Waals surface area contributed by atoms with Crippen LogP contribution < -0.4 is 15.5 Å². The first-order chi connectivity index (χ1) is 14.2. The Morgan fingerprint density at radius 3 is 2.63 bits per heavy atom. The Hall–Kier alpha value is -2.91. The predicted molar refractivity (Wildman–Crippen MR) is 113 cm³/mol. The molecule has 10 heteroatoms. The Labute approximate surface area is 177 Å². The van der Waals surface area contributed by atoms with Crippen LogP contribution in [0.4, 0.5) is 26.2 Å². The van der Waals surface area contributed by atoms with Crippen LogP contribution in [0.1, 0.15) is 31.4 Å². The molecule has 0 aliphatic carbocycles. The number of aliphatic hydroxyl groups excluding tert-OH is 1. The van der Waals surface area contributed by atoms with Gasteiger partial charge in [0.2, 0.25) is 0 Å². The third kappa shape index (κ3) is 5.17. The highest BCUT2D eigenvalue weighted by atomic mass is 35.5. The second-order valence-corrected chi connectivity index (χ2v) is 7.57. The minimum absolute atomic E-state index is 0.0327. The number of piperidine rings is 1. The number of hydrogen-bond acceptors (Lipinski definition) is 5. The molecule has 1 saturated heterocycles. The van der Waals surface area contributed by atoms with Gasteiger partial charge in [0.25, 0.3) is 5.69 Å². The number of carbonyl (C=O) groups excluding carboxylic acids is 1. The quantitative estimate of drug-likeness (QED) is 0.480. The van der Waals surface area contributed by atoms with E-state index in [2.05, 4.69) is 15.5 Å². The van der Waals surface area contributed by atoms with Crippen LogP contribution in [0.15, 0.2) is 36.4 Å². The van der Waals surface area contributed by atoms with Gasteiger partial charge in [-0.3, -0.25) is 10.1 Å². The highest BCUT2D eigenvalue weighted by molar-refractivity contribution is 6.33. The Bertz CT molecular complexity index is 950. The molecule has 0 saturated carbocycles. The summed E-state index contributed by atoms with van der Waals surface area (Å²) in [5.74, 6) is -0.418. The van der Waals surface area contributed by atoms with Gasteiger partial charge < -0.3 is 20.6 Å². The molecule has 2 amide bonds. The average Bonchev–Trinajstić information content (AvgIpc) is 2.70. The minimum atomic E-state index is -0.581. The van der Waals surface area contributed by atoms with E-state index in [1.54, 1.807) is 13.0 Å². The first-order valence-electron chi connectivity index (χ1n) is 9.48. The number of benzene rings is 2. The number of amides is 2. The van der Waals surface area contributed by atoms with Crippen LogP contribution in [0, 0.1) is 15.9 Å². The first kappa shape index (κ1) is 21.8. The van der Waals surface area contributed by atoms with E-state index < -0.39 is 22.8 Å². The van der Waals surface area contributed by atoms with Gasteiger partial charge in [-0.25, -0.2) is 9.18 Å². The lowest BCUT2D eigenvalue weighted by Gasteiger charge is -2.34. The fourth-order valence-electron chi connectivity index (χ4n) is 3.42. The lowest BCUT2D eigenvalue weighted by Crippen LogP contribution is -2.37. The molecule has 160 valence electrons. The molecule has 0 aromatic heterocycles. The van der Waals surface area contributed by atoms with Crippen LogP contribution in [0.5, 0.6) is 0 Å². The van der Waals surface area contributed by atoms with E-state index in [0.717, 1.165) is 11.8 Å². The van der Waals surface area contributed by atoms with Gasteiger partial charge in [0.1, 0.15) is 5.82 Å². The summed E-state index contributed by atoms with van der Waals surface area (Å²) >= 11 is 6.01. The molecule has 1 unspecified atom stereocenters. The lowest BCUT2D eigenvalue weighted by molar-refractivity contribution is -0.384. The standard InChI is InChI=1S/C20H22ClFN4O4/c1-12(23-20(28)24-18-4-3-14(26(29)30)11-17(18)21)16-10-13(22)2-5-19(16)25-8-6-15(27)7-9-25/h2-5,10-12,15,27H,6-9H2,1H3,(H2,23,24,28). The Morgan fingerprint density at radius 2 is 2.00 bits per heavy atom. The van der Waals surface area contributed by atoms with Crippen molar-refractivity contribution in [1.29, 1.82) is 0 Å². The van der Waals surface area contributed by atoms with Crippen molar-refractivity contribution in [2.24, 2.45) is 0 Å². The van der Waals surface area contributed by atoms with Crippen molar-refractivity contribution in [2.45, 2.75) is 31.9 Å². The van der Waals surface area contributed by atoms with E-state index in [-0.39, 0.29) is 22.5 Å². The van der Waals surface area contributed by atoms with Crippen molar-refractivity contribution in [3.63, 3.8) is 0 Å². The molecule has 0 spiro atoms. The maximum absolute atomic E-state index is 13.9. The maximum Gasteiger partial charge on any atom is 0.319 e. The van der Waals surface area contributed by atoms with E-state index in [0.29, 0.717) is 31.5 Å². The fraction of sp³-hybridized carbons (Fsp3) is 0.350. The molecule has 1 atom stereocenters. The summed E-state index contributed by atoms with van der Waals surface area (Å²) in [7, 11) is 0. The number of nitrogens with one attached hydrogen (secondary N) is 2. The van der Waals surface area contributed by atoms with E-state index in [9.17, 15) is 24.4 Å². The smallest absolute Gasteiger partial charge is 0.319 e. The van der Waals surface area contributed by atoms with Gasteiger partial charge in [0.05, 0.1) is 27.8 Å². The van der Waals surface area contributed by atoms with Crippen molar-refractivity contribution >= 4 is 34.7 Å². The summed E-state index contributed by atoms with van der Waals surface area (Å²) in [6, 6.07) is 7.04. The molecule has 2 aromatic carbocycles. The Morgan fingerprint density at radius 1 is 1.30 bits per heavy atom. The largest absolute Gasteiger partial charge is 0.393 e. The van der Waals surface area contributed by atoms with Gasteiger partial charge in [0.15, 0.2) is 0 Å². The third-order valence-corrected chi connectivity index (χ3v) is 5.33. The van der Waals surface area contributed by atoms with Crippen molar-refractivity contribution in [3.8, 4) is 0 Å². The second-order valence-electron chi connectivity index (χ2n) is 7.16. The summed E-state index contributed by atoms with van der Waals surface area (Å²) in [4.78, 5) is 24.7. The predicted octanol–water partition coefficient (Wildman–Crippen LogP) is 4.23. The van der Waals surface area contributed by atoms with Gasteiger partial charge in [0, 0.05) is 36.5 Å². The molecule has 1 fully saturated rings. The third-order valence-electron chi connectivity index (χ3n) is 5.02. The van der Waals surface area contributed by atoms with Crippen LogP contribution in [0.2, 0.25) is 5.02 Å². The minimum Gasteiger partial charge on any atom is -0.393 e. The maximum atomic E-state index is 13.9. The number of hydrogen-bond donors (Lipinski definition) is 3. The number of urea groups is 1. The van der Waals surface area contributed by atoms with Crippen molar-refractivity contribution in [1.82, 2.24) is 5.32 Å². The normalized spacial score (nSPS) is 15.5. The molecule has 1 heterocycles. The van der Waals surface area contributed by atoms with Crippen LogP contribution in [-0.4, -0.2) is 35.3 Å². The zero-order valence-corrected chi connectivity index (χ0v) is 17.0. The zero-order chi connectivity index (χ0) is 21.8. The Balaban J connectivity index is 1.72. The number of halogens is 2. The average molecular weight is 437 g/mol. The van der Waals surface area contributed by atoms with Crippen molar-refractivity contribution in [2.75, 3.05) is 23.3 Å². The van der Waals surface area contributed by atoms with Gasteiger partial charge in [-0.2, -0.15) is 0 Å². The van der Waals surface area contributed by atoms with E-state index >= 15 is 0 Å². The number of nitrogens with zero attached hydrogens (tertiary/aromatic N) is 2. The van der Waals surface area contributed by atoms with E-state index in [4.69, 9.17) is 11.6 Å². The fourth-order valence-corrected chi connectivity index (χ4v) is 3.64. The number of non-ortho nitro benzene ring substituents is 1. The van der Waals surface area contributed by atoms with Crippen LogP contribution >= 0.6 is 11.6 Å². The van der Waals surface area contributed by atoms with Crippen LogP contribution in [0.25, 0.3) is 0 Å². The molecular weight excluding hydrogens is 415 g/mol. The van der Waals surface area contributed by atoms with E-state index in [1.807, 2.05) is 0 Å². The van der Waals surface area contributed by atoms with Crippen molar-refractivity contribution < 1.29 is 19.2 Å². The number of aliphatic hydroxyl groups is 1. The van der Waals surface area contributed by atoms with E-state index in [1.165, 1.54) is 24.3 Å². The molecule has 3 rings (SSSR count). The van der Waals surface area contributed by atoms with Gasteiger partial charge >= 0.3 is 6.03 Å². The number of anilines is 2. The molecule has 2 aromatic rings. The molecule has 30 heavy (non-hydrogen) atoms. The molecule has 3 N–H and O–H groups in total. The topological polar surface area (TPSA) is 108 Å². The molecule has 0 bridgehead atoms. The zero-order valence-electron chi connectivity index (χ0n) is 16.3. The molecule has 1 aliphatic heterocycles. The van der Waals surface area contributed by atoms with Crippen molar-refractivity contribution in [3.05, 3.63) is 62.9 Å². The summed E-state index contributed by atoms with van der Waals surface area (Å²) in [5, 5.41) is 25.8. The lowest BCUT2D eigenvalue weighted by atomic mass is 10.0. The summed E-state index contributed by atoms with van der Waals surface area (Å²) in [6.07, 6.45) is 0.910. The number of nitro benzene ring substituents is 1. The van der Waals surface area contributed by atoms with Gasteiger partial charge in [-0.15, -0.1) is 0 Å². The number of rotatable bonds is 5. The molecule has 1 aliphatic rings. The van der Waals surface area contributed by atoms with Crippen LogP contribution in [-0.2, 0) is 0 Å². The van der Waals surface area contributed by atoms with Crippen LogP contribution in [0.3, 0.4) is 0 Å². The first-order valence-corrected chi connectivity index (χ1v) is 9.86. The highest BCUT2D eigenvalue weighted by Gasteiger charge is 2.23. The summed E-state index contributed by atoms with van der Waals surface area (Å²) in [5.41, 5.74) is 1.44. The Kier molecular flexibility index (Phi) is 6.73. The summed E-state index contributed by atoms with van der Waals surface area (Å²) < 4.78 is 13.9. The molecular formula is C20H22ClFN4O4. The van der Waals surface area contributed by atoms with Gasteiger partial charge in [-0.05, 0) is 44.0 Å². The summed E-state index contributed by atoms with van der Waals surface area (Å²) in [6.45, 7) is 3.00. The number of nitro groups is 1. The molecule has 8 nitrogen and oxygen atoms in total. The van der Waals surface area contributed by atoms with Gasteiger partial charge in [-0.1, -0.05) is 11.6 Å². The number of carbonyl (C=O) groups is 1. The molecule has 0 radical (unpaired) electrons. The highest BCUT2D eigenvalue weighted by Crippen LogP contribution is 2.30. The SMILES string of the molecule is CC(NC(=O)Nc1ccc([N+](=O)[O-])cc1Cl)c1cc(F)ccc1N1CCC(O)CC1. The second kappa shape index (κ2) is 9.27.